The molecule has 0 bridgehead atoms. The first-order valence-electron chi connectivity index (χ1n) is 7.00. The van der Waals surface area contributed by atoms with Crippen LogP contribution in [0.1, 0.15) is 59.8 Å². The van der Waals surface area contributed by atoms with Crippen molar-refractivity contribution in [3.05, 3.63) is 0 Å². The number of carbonyl (C=O) groups excluding carboxylic acids is 1. The highest BCUT2D eigenvalue weighted by atomic mass is 16.6. The average molecular weight is 271 g/mol. The third-order valence-electron chi connectivity index (χ3n) is 3.33. The Labute approximate surface area is 114 Å². The maximum Gasteiger partial charge on any atom is 0.411 e. The van der Waals surface area contributed by atoms with Gasteiger partial charge in [-0.25, -0.2) is 9.59 Å². The van der Waals surface area contributed by atoms with Crippen LogP contribution in [-0.2, 0) is 9.53 Å². The minimum absolute atomic E-state index is 0.00380. The fourth-order valence-corrected chi connectivity index (χ4v) is 2.52. The van der Waals surface area contributed by atoms with Crippen LogP contribution in [-0.4, -0.2) is 39.8 Å². The number of rotatable bonds is 4. The van der Waals surface area contributed by atoms with Crippen LogP contribution in [0.5, 0.6) is 0 Å². The topological polar surface area (TPSA) is 66.8 Å². The van der Waals surface area contributed by atoms with Gasteiger partial charge in [-0.15, -0.1) is 0 Å². The predicted octanol–water partition coefficient (Wildman–Crippen LogP) is 3.03. The molecule has 1 aliphatic rings. The normalized spacial score (nSPS) is 18.1. The molecule has 0 heterocycles. The second-order valence-corrected chi connectivity index (χ2v) is 6.09. The number of amides is 1. The third kappa shape index (κ3) is 4.40. The van der Waals surface area contributed by atoms with Crippen molar-refractivity contribution in [1.29, 1.82) is 0 Å². The number of carboxylic acids is 1. The van der Waals surface area contributed by atoms with Crippen molar-refractivity contribution in [3.63, 3.8) is 0 Å². The van der Waals surface area contributed by atoms with Crippen LogP contribution >= 0.6 is 0 Å². The van der Waals surface area contributed by atoms with Crippen LogP contribution in [0.3, 0.4) is 0 Å². The fourth-order valence-electron chi connectivity index (χ4n) is 2.52. The van der Waals surface area contributed by atoms with Crippen molar-refractivity contribution < 1.29 is 19.4 Å². The SMILES string of the molecule is CCC(C(=O)O)N(C(=O)OC(C)(C)C)C1CCCC1. The van der Waals surface area contributed by atoms with Gasteiger partial charge in [0, 0.05) is 6.04 Å². The zero-order chi connectivity index (χ0) is 14.6. The molecule has 0 saturated heterocycles. The molecule has 0 aromatic heterocycles. The molecule has 5 heteroatoms. The Balaban J connectivity index is 2.90. The minimum atomic E-state index is -0.958. The van der Waals surface area contributed by atoms with E-state index in [0.717, 1.165) is 25.7 Å². The Morgan fingerprint density at radius 3 is 2.21 bits per heavy atom. The Morgan fingerprint density at radius 2 is 1.84 bits per heavy atom. The van der Waals surface area contributed by atoms with Crippen molar-refractivity contribution in [2.45, 2.75) is 77.5 Å². The summed E-state index contributed by atoms with van der Waals surface area (Å²) in [4.78, 5) is 25.1. The molecule has 1 atom stereocenters. The van der Waals surface area contributed by atoms with Crippen molar-refractivity contribution in [2.75, 3.05) is 0 Å². The standard InChI is InChI=1S/C14H25NO4/c1-5-11(12(16)17)15(10-8-6-7-9-10)13(18)19-14(2,3)4/h10-11H,5-9H2,1-4H3,(H,16,17). The number of nitrogens with zero attached hydrogens (tertiary/aromatic N) is 1. The summed E-state index contributed by atoms with van der Waals surface area (Å²) in [6, 6.07) is -0.797. The first-order valence-corrected chi connectivity index (χ1v) is 7.00. The molecule has 1 fully saturated rings. The lowest BCUT2D eigenvalue weighted by atomic mass is 10.1. The van der Waals surface area contributed by atoms with E-state index >= 15 is 0 Å². The first kappa shape index (κ1) is 15.8. The van der Waals surface area contributed by atoms with Gasteiger partial charge in [-0.1, -0.05) is 19.8 Å². The number of aliphatic carboxylic acids is 1. The quantitative estimate of drug-likeness (QED) is 0.853. The van der Waals surface area contributed by atoms with E-state index in [1.807, 2.05) is 0 Å². The number of ether oxygens (including phenoxy) is 1. The smallest absolute Gasteiger partial charge is 0.411 e. The zero-order valence-corrected chi connectivity index (χ0v) is 12.3. The van der Waals surface area contributed by atoms with Gasteiger partial charge in [0.05, 0.1) is 0 Å². The van der Waals surface area contributed by atoms with Crippen LogP contribution < -0.4 is 0 Å². The van der Waals surface area contributed by atoms with Crippen molar-refractivity contribution in [2.24, 2.45) is 0 Å². The van der Waals surface area contributed by atoms with Gasteiger partial charge in [0.15, 0.2) is 0 Å². The van der Waals surface area contributed by atoms with E-state index in [0.29, 0.717) is 6.42 Å². The van der Waals surface area contributed by atoms with Crippen molar-refractivity contribution in [1.82, 2.24) is 4.90 Å². The zero-order valence-electron chi connectivity index (χ0n) is 12.3. The highest BCUT2D eigenvalue weighted by Crippen LogP contribution is 2.27. The molecule has 1 unspecified atom stereocenters. The van der Waals surface area contributed by atoms with Gasteiger partial charge < -0.3 is 9.84 Å². The molecule has 0 radical (unpaired) electrons. The number of carboxylic acid groups (broad SMARTS) is 1. The summed E-state index contributed by atoms with van der Waals surface area (Å²) in [7, 11) is 0. The van der Waals surface area contributed by atoms with Gasteiger partial charge >= 0.3 is 12.1 Å². The molecule has 0 aromatic rings. The molecule has 1 aliphatic carbocycles. The van der Waals surface area contributed by atoms with Gasteiger partial charge in [-0.2, -0.15) is 0 Å². The summed E-state index contributed by atoms with van der Waals surface area (Å²) in [6.07, 6.45) is 3.70. The molecule has 5 nitrogen and oxygen atoms in total. The van der Waals surface area contributed by atoms with Crippen LogP contribution in [0.15, 0.2) is 0 Å². The molecule has 19 heavy (non-hydrogen) atoms. The largest absolute Gasteiger partial charge is 0.480 e. The van der Waals surface area contributed by atoms with Crippen molar-refractivity contribution >= 4 is 12.1 Å². The maximum absolute atomic E-state index is 12.3. The van der Waals surface area contributed by atoms with E-state index < -0.39 is 23.7 Å². The molecular formula is C14H25NO4. The van der Waals surface area contributed by atoms with E-state index in [1.54, 1.807) is 27.7 Å². The Kier molecular flexibility index (Phi) is 5.20. The number of hydrogen-bond donors (Lipinski definition) is 1. The molecule has 1 rings (SSSR count). The molecule has 110 valence electrons. The Morgan fingerprint density at radius 1 is 1.32 bits per heavy atom. The van der Waals surface area contributed by atoms with Crippen LogP contribution in [0.2, 0.25) is 0 Å². The van der Waals surface area contributed by atoms with Crippen LogP contribution in [0.4, 0.5) is 4.79 Å². The molecule has 1 saturated carbocycles. The van der Waals surface area contributed by atoms with Gasteiger partial charge in [0.1, 0.15) is 11.6 Å². The first-order chi connectivity index (χ1) is 8.76. The third-order valence-corrected chi connectivity index (χ3v) is 3.33. The summed E-state index contributed by atoms with van der Waals surface area (Å²) >= 11 is 0. The second-order valence-electron chi connectivity index (χ2n) is 6.09. The van der Waals surface area contributed by atoms with E-state index in [9.17, 15) is 14.7 Å². The van der Waals surface area contributed by atoms with Gasteiger partial charge in [0.2, 0.25) is 0 Å². The number of hydrogen-bond acceptors (Lipinski definition) is 3. The Hall–Kier alpha value is -1.26. The lowest BCUT2D eigenvalue weighted by Gasteiger charge is -2.35. The van der Waals surface area contributed by atoms with E-state index in [-0.39, 0.29) is 6.04 Å². The van der Waals surface area contributed by atoms with Crippen LogP contribution in [0.25, 0.3) is 0 Å². The fraction of sp³-hybridized carbons (Fsp3) is 0.857. The highest BCUT2D eigenvalue weighted by Gasteiger charge is 2.37. The molecule has 0 aromatic carbocycles. The monoisotopic (exact) mass is 271 g/mol. The summed E-state index contributed by atoms with van der Waals surface area (Å²) in [6.45, 7) is 7.16. The molecule has 1 amide bonds. The molecular weight excluding hydrogens is 246 g/mol. The predicted molar refractivity (Wildman–Crippen MR) is 72.0 cm³/mol. The lowest BCUT2D eigenvalue weighted by Crippen LogP contribution is -2.51. The van der Waals surface area contributed by atoms with Gasteiger partial charge in [-0.3, -0.25) is 4.90 Å². The van der Waals surface area contributed by atoms with Crippen molar-refractivity contribution in [3.8, 4) is 0 Å². The Bertz CT molecular complexity index is 329. The van der Waals surface area contributed by atoms with Crippen LogP contribution in [0, 0.1) is 0 Å². The lowest BCUT2D eigenvalue weighted by molar-refractivity contribution is -0.144. The maximum atomic E-state index is 12.3. The van der Waals surface area contributed by atoms with Gasteiger partial charge in [-0.05, 0) is 40.0 Å². The average Bonchev–Trinajstić information content (AvgIpc) is 2.75. The van der Waals surface area contributed by atoms with E-state index in [4.69, 9.17) is 4.74 Å². The summed E-state index contributed by atoms with van der Waals surface area (Å²) in [5.74, 6) is -0.958. The molecule has 1 N–H and O–H groups in total. The molecule has 0 aliphatic heterocycles. The van der Waals surface area contributed by atoms with Gasteiger partial charge in [0.25, 0.3) is 0 Å². The highest BCUT2D eigenvalue weighted by molar-refractivity contribution is 5.80. The van der Waals surface area contributed by atoms with E-state index in [2.05, 4.69) is 0 Å². The molecule has 0 spiro atoms. The summed E-state index contributed by atoms with van der Waals surface area (Å²) in [5.41, 5.74) is -0.606. The number of carbonyl (C=O) groups is 2. The minimum Gasteiger partial charge on any atom is -0.480 e. The second kappa shape index (κ2) is 6.26. The van der Waals surface area contributed by atoms with E-state index in [1.165, 1.54) is 4.90 Å². The summed E-state index contributed by atoms with van der Waals surface area (Å²) in [5, 5.41) is 9.30. The summed E-state index contributed by atoms with van der Waals surface area (Å²) < 4.78 is 5.37.